The fraction of sp³-hybridized carbons (Fsp3) is 0.263. The van der Waals surface area contributed by atoms with E-state index in [1.54, 1.807) is 6.92 Å². The van der Waals surface area contributed by atoms with Crippen LogP contribution in [0, 0.1) is 6.92 Å². The molecule has 0 aliphatic carbocycles. The van der Waals surface area contributed by atoms with Gasteiger partial charge in [-0.25, -0.2) is 0 Å². The zero-order chi connectivity index (χ0) is 19.3. The van der Waals surface area contributed by atoms with Crippen molar-refractivity contribution in [2.24, 2.45) is 0 Å². The van der Waals surface area contributed by atoms with E-state index in [1.165, 1.54) is 12.1 Å². The lowest BCUT2D eigenvalue weighted by Gasteiger charge is -2.13. The van der Waals surface area contributed by atoms with Crippen LogP contribution >= 0.6 is 23.2 Å². The lowest BCUT2D eigenvalue weighted by atomic mass is 10.1. The summed E-state index contributed by atoms with van der Waals surface area (Å²) < 4.78 is 5.73. The Bertz CT molecular complexity index is 813. The van der Waals surface area contributed by atoms with Crippen LogP contribution in [0.2, 0.25) is 10.0 Å². The molecular weight excluding hydrogens is 377 g/mol. The molecule has 0 aliphatic heterocycles. The summed E-state index contributed by atoms with van der Waals surface area (Å²) in [6.45, 7) is 3.91. The van der Waals surface area contributed by atoms with Crippen LogP contribution in [0.5, 0.6) is 5.75 Å². The number of anilines is 1. The van der Waals surface area contributed by atoms with Crippen LogP contribution in [0.15, 0.2) is 30.3 Å². The maximum Gasteiger partial charge on any atom is 0.307 e. The Morgan fingerprint density at radius 3 is 2.31 bits per heavy atom. The fourth-order valence-corrected chi connectivity index (χ4v) is 3.09. The van der Waals surface area contributed by atoms with E-state index in [2.05, 4.69) is 5.32 Å². The summed E-state index contributed by atoms with van der Waals surface area (Å²) in [5, 5.41) is 12.2. The molecule has 0 saturated carbocycles. The van der Waals surface area contributed by atoms with E-state index in [9.17, 15) is 9.59 Å². The predicted molar refractivity (Wildman–Crippen MR) is 102 cm³/mol. The van der Waals surface area contributed by atoms with Gasteiger partial charge in [0.1, 0.15) is 6.61 Å². The van der Waals surface area contributed by atoms with Crippen LogP contribution in [0.25, 0.3) is 0 Å². The van der Waals surface area contributed by atoms with Crippen LogP contribution in [0.3, 0.4) is 0 Å². The summed E-state index contributed by atoms with van der Waals surface area (Å²) in [5.41, 5.74) is 3.02. The first-order chi connectivity index (χ1) is 12.3. The maximum atomic E-state index is 11.6. The van der Waals surface area contributed by atoms with E-state index in [-0.39, 0.29) is 29.0 Å². The molecule has 0 aromatic heterocycles. The highest BCUT2D eigenvalue weighted by Gasteiger charge is 2.12. The van der Waals surface area contributed by atoms with E-state index in [4.69, 9.17) is 33.0 Å². The van der Waals surface area contributed by atoms with E-state index in [0.29, 0.717) is 23.4 Å². The molecule has 0 aliphatic rings. The van der Waals surface area contributed by atoms with Gasteiger partial charge in [-0.2, -0.15) is 0 Å². The molecule has 0 saturated heterocycles. The molecule has 2 N–H and O–H groups in total. The molecule has 2 aromatic rings. The van der Waals surface area contributed by atoms with Gasteiger partial charge >= 0.3 is 5.97 Å². The molecule has 0 radical (unpaired) electrons. The Morgan fingerprint density at radius 2 is 1.73 bits per heavy atom. The molecule has 0 bridgehead atoms. The number of carbonyl (C=O) groups is 2. The lowest BCUT2D eigenvalue weighted by Crippen LogP contribution is -2.10. The number of aryl methyl sites for hydroxylation is 1. The molecule has 0 spiro atoms. The molecule has 26 heavy (non-hydrogen) atoms. The van der Waals surface area contributed by atoms with E-state index < -0.39 is 5.97 Å². The minimum Gasteiger partial charge on any atom is -0.486 e. The van der Waals surface area contributed by atoms with Crippen LogP contribution in [-0.4, -0.2) is 17.0 Å². The van der Waals surface area contributed by atoms with Crippen molar-refractivity contribution in [2.75, 3.05) is 5.32 Å². The molecule has 0 heterocycles. The number of hydrogen-bond acceptors (Lipinski definition) is 3. The van der Waals surface area contributed by atoms with Gasteiger partial charge in [0, 0.05) is 12.1 Å². The number of rotatable bonds is 7. The molecule has 1 amide bonds. The SMILES string of the molecule is CCC(=O)Nc1cc(C)cc(COc2c(Cl)cc(CC(=O)O)cc2Cl)c1. The highest BCUT2D eigenvalue weighted by atomic mass is 35.5. The Morgan fingerprint density at radius 1 is 1.08 bits per heavy atom. The lowest BCUT2D eigenvalue weighted by molar-refractivity contribution is -0.136. The minimum atomic E-state index is -0.966. The second-order valence-electron chi connectivity index (χ2n) is 5.86. The third kappa shape index (κ3) is 5.64. The first-order valence-corrected chi connectivity index (χ1v) is 8.77. The van der Waals surface area contributed by atoms with Crippen molar-refractivity contribution in [1.29, 1.82) is 0 Å². The average molecular weight is 396 g/mol. The average Bonchev–Trinajstić information content (AvgIpc) is 2.52. The molecule has 0 atom stereocenters. The zero-order valence-corrected chi connectivity index (χ0v) is 15.9. The van der Waals surface area contributed by atoms with Gasteiger partial charge in [0.15, 0.2) is 5.75 Å². The smallest absolute Gasteiger partial charge is 0.307 e. The van der Waals surface area contributed by atoms with Crippen molar-refractivity contribution in [1.82, 2.24) is 0 Å². The van der Waals surface area contributed by atoms with Crippen molar-refractivity contribution in [3.63, 3.8) is 0 Å². The first-order valence-electron chi connectivity index (χ1n) is 8.01. The third-order valence-corrected chi connectivity index (χ3v) is 4.10. The first kappa shape index (κ1) is 20.1. The summed E-state index contributed by atoms with van der Waals surface area (Å²) >= 11 is 12.4. The van der Waals surface area contributed by atoms with Crippen LogP contribution in [0.1, 0.15) is 30.0 Å². The molecule has 0 unspecified atom stereocenters. The second-order valence-corrected chi connectivity index (χ2v) is 6.67. The van der Waals surface area contributed by atoms with Gasteiger partial charge in [-0.05, 0) is 47.9 Å². The highest BCUT2D eigenvalue weighted by molar-refractivity contribution is 6.37. The van der Waals surface area contributed by atoms with Gasteiger partial charge in [-0.1, -0.05) is 36.2 Å². The minimum absolute atomic E-state index is 0.0671. The topological polar surface area (TPSA) is 75.6 Å². The van der Waals surface area contributed by atoms with Gasteiger partial charge in [0.2, 0.25) is 5.91 Å². The number of carbonyl (C=O) groups excluding carboxylic acids is 1. The third-order valence-electron chi connectivity index (χ3n) is 3.54. The number of halogens is 2. The number of carboxylic acid groups (broad SMARTS) is 1. The zero-order valence-electron chi connectivity index (χ0n) is 14.4. The number of hydrogen-bond donors (Lipinski definition) is 2. The monoisotopic (exact) mass is 395 g/mol. The van der Waals surface area contributed by atoms with Gasteiger partial charge in [-0.3, -0.25) is 9.59 Å². The number of amides is 1. The molecule has 7 heteroatoms. The molecule has 5 nitrogen and oxygen atoms in total. The van der Waals surface area contributed by atoms with Crippen LogP contribution < -0.4 is 10.1 Å². The number of carboxylic acids is 1. The molecule has 138 valence electrons. The summed E-state index contributed by atoms with van der Waals surface area (Å²) in [4.78, 5) is 22.4. The summed E-state index contributed by atoms with van der Waals surface area (Å²) in [5.74, 6) is -0.738. The van der Waals surface area contributed by atoms with Gasteiger partial charge in [0.25, 0.3) is 0 Å². The van der Waals surface area contributed by atoms with Gasteiger partial charge in [0.05, 0.1) is 16.5 Å². The Hall–Kier alpha value is -2.24. The van der Waals surface area contributed by atoms with Crippen molar-refractivity contribution >= 4 is 40.8 Å². The quantitative estimate of drug-likeness (QED) is 0.701. The van der Waals surface area contributed by atoms with Crippen molar-refractivity contribution in [3.8, 4) is 5.75 Å². The number of benzene rings is 2. The van der Waals surface area contributed by atoms with E-state index >= 15 is 0 Å². The standard InChI is InChI=1S/C19H19Cl2NO4/c1-3-17(23)22-14-5-11(2)4-13(6-14)10-26-19-15(20)7-12(8-16(19)21)9-18(24)25/h4-8H,3,9-10H2,1-2H3,(H,22,23)(H,24,25). The number of nitrogens with one attached hydrogen (secondary N) is 1. The van der Waals surface area contributed by atoms with Crippen LogP contribution in [0.4, 0.5) is 5.69 Å². The number of aliphatic carboxylic acids is 1. The van der Waals surface area contributed by atoms with Crippen molar-refractivity contribution in [2.45, 2.75) is 33.3 Å². The van der Waals surface area contributed by atoms with Gasteiger partial charge < -0.3 is 15.2 Å². The van der Waals surface area contributed by atoms with Crippen molar-refractivity contribution in [3.05, 3.63) is 57.1 Å². The summed E-state index contributed by atoms with van der Waals surface area (Å²) in [6.07, 6.45) is 0.228. The largest absolute Gasteiger partial charge is 0.486 e. The molecule has 2 rings (SSSR count). The fourth-order valence-electron chi connectivity index (χ4n) is 2.45. The van der Waals surface area contributed by atoms with Gasteiger partial charge in [-0.15, -0.1) is 0 Å². The van der Waals surface area contributed by atoms with Crippen LogP contribution in [-0.2, 0) is 22.6 Å². The second kappa shape index (κ2) is 8.92. The maximum absolute atomic E-state index is 11.6. The summed E-state index contributed by atoms with van der Waals surface area (Å²) in [6, 6.07) is 8.68. The summed E-state index contributed by atoms with van der Waals surface area (Å²) in [7, 11) is 0. The van der Waals surface area contributed by atoms with Crippen molar-refractivity contribution < 1.29 is 19.4 Å². The highest BCUT2D eigenvalue weighted by Crippen LogP contribution is 2.35. The molecular formula is C19H19Cl2NO4. The Labute approximate surface area is 161 Å². The Balaban J connectivity index is 2.16. The number of ether oxygens (including phenoxy) is 1. The normalized spacial score (nSPS) is 10.5. The molecule has 0 fully saturated rings. The Kier molecular flexibility index (Phi) is 6.89. The van der Waals surface area contributed by atoms with E-state index in [0.717, 1.165) is 11.1 Å². The van der Waals surface area contributed by atoms with E-state index in [1.807, 2.05) is 25.1 Å². The predicted octanol–water partition coefficient (Wildman–Crippen LogP) is 4.86. The molecule has 2 aromatic carbocycles.